The van der Waals surface area contributed by atoms with E-state index in [1.807, 2.05) is 48.5 Å². The maximum atomic E-state index is 10.6. The van der Waals surface area contributed by atoms with E-state index in [-0.39, 0.29) is 0 Å². The summed E-state index contributed by atoms with van der Waals surface area (Å²) in [6.45, 7) is 5.49. The van der Waals surface area contributed by atoms with E-state index in [9.17, 15) is 5.11 Å². The van der Waals surface area contributed by atoms with Crippen molar-refractivity contribution in [3.8, 4) is 11.8 Å². The van der Waals surface area contributed by atoms with Gasteiger partial charge in [0.2, 0.25) is 0 Å². The van der Waals surface area contributed by atoms with E-state index in [0.29, 0.717) is 18.2 Å². The fourth-order valence-corrected chi connectivity index (χ4v) is 2.55. The molecule has 0 aliphatic heterocycles. The number of hydrogen-bond acceptors (Lipinski definition) is 4. The Morgan fingerprint density at radius 1 is 1.17 bits per heavy atom. The predicted molar refractivity (Wildman–Crippen MR) is 94.7 cm³/mol. The van der Waals surface area contributed by atoms with Gasteiger partial charge in [-0.1, -0.05) is 24.3 Å². The lowest BCUT2D eigenvalue weighted by Crippen LogP contribution is -2.34. The van der Waals surface area contributed by atoms with Gasteiger partial charge in [0.25, 0.3) is 0 Å². The largest absolute Gasteiger partial charge is 0.497 e. The molecule has 0 radical (unpaired) electrons. The maximum absolute atomic E-state index is 10.6. The normalized spacial score (nSPS) is 12.2. The Balaban J connectivity index is 2.08. The molecule has 1 atom stereocenters. The number of rotatable bonds is 7. The standard InChI is InChI=1S/C20H24N2O2/c1-15(2)22(13-17-9-7-16(12-21)8-10-17)14-20(23)18-5-4-6-19(11-18)24-3/h4-11,15,20,23H,13-14H2,1-3H3. The Bertz CT molecular complexity index is 690. The molecular weight excluding hydrogens is 300 g/mol. The molecular formula is C20H24N2O2. The van der Waals surface area contributed by atoms with Crippen LogP contribution in [-0.2, 0) is 6.54 Å². The first-order chi connectivity index (χ1) is 11.5. The van der Waals surface area contributed by atoms with Crippen LogP contribution in [0.3, 0.4) is 0 Å². The molecule has 2 aromatic carbocycles. The molecule has 0 aliphatic rings. The van der Waals surface area contributed by atoms with Crippen molar-refractivity contribution in [2.75, 3.05) is 13.7 Å². The minimum absolute atomic E-state index is 0.293. The molecule has 0 aliphatic carbocycles. The number of methoxy groups -OCH3 is 1. The highest BCUT2D eigenvalue weighted by Crippen LogP contribution is 2.21. The molecule has 0 fully saturated rings. The van der Waals surface area contributed by atoms with Gasteiger partial charge in [0, 0.05) is 19.1 Å². The molecule has 0 aromatic heterocycles. The Labute approximate surface area is 143 Å². The molecule has 24 heavy (non-hydrogen) atoms. The molecule has 0 saturated heterocycles. The van der Waals surface area contributed by atoms with Crippen LogP contribution in [0.2, 0.25) is 0 Å². The monoisotopic (exact) mass is 324 g/mol. The van der Waals surface area contributed by atoms with E-state index in [4.69, 9.17) is 10.00 Å². The van der Waals surface area contributed by atoms with Gasteiger partial charge in [0.1, 0.15) is 5.75 Å². The number of ether oxygens (including phenoxy) is 1. The Kier molecular flexibility index (Phi) is 6.36. The van der Waals surface area contributed by atoms with Gasteiger partial charge >= 0.3 is 0 Å². The molecule has 2 rings (SSSR count). The van der Waals surface area contributed by atoms with E-state index in [1.165, 1.54) is 0 Å². The molecule has 4 nitrogen and oxygen atoms in total. The van der Waals surface area contributed by atoms with Crippen LogP contribution in [0.1, 0.15) is 36.6 Å². The highest BCUT2D eigenvalue weighted by molar-refractivity contribution is 5.32. The third kappa shape index (κ3) is 4.82. The van der Waals surface area contributed by atoms with Gasteiger partial charge < -0.3 is 9.84 Å². The SMILES string of the molecule is COc1cccc(C(O)CN(Cc2ccc(C#N)cc2)C(C)C)c1. The maximum Gasteiger partial charge on any atom is 0.119 e. The zero-order chi connectivity index (χ0) is 17.5. The van der Waals surface area contributed by atoms with Crippen molar-refractivity contribution >= 4 is 0 Å². The van der Waals surface area contributed by atoms with Gasteiger partial charge in [-0.3, -0.25) is 4.90 Å². The van der Waals surface area contributed by atoms with Crippen LogP contribution in [0.25, 0.3) is 0 Å². The Hall–Kier alpha value is -2.35. The van der Waals surface area contributed by atoms with Crippen LogP contribution in [0.5, 0.6) is 5.75 Å². The van der Waals surface area contributed by atoms with Gasteiger partial charge in [0.05, 0.1) is 24.8 Å². The number of aliphatic hydroxyl groups is 1. The molecule has 0 heterocycles. The summed E-state index contributed by atoms with van der Waals surface area (Å²) in [5.74, 6) is 0.745. The summed E-state index contributed by atoms with van der Waals surface area (Å²) in [5.41, 5.74) is 2.63. The van der Waals surface area contributed by atoms with Crippen LogP contribution in [-0.4, -0.2) is 29.7 Å². The van der Waals surface area contributed by atoms with Gasteiger partial charge in [-0.05, 0) is 49.2 Å². The molecule has 1 unspecified atom stereocenters. The summed E-state index contributed by atoms with van der Waals surface area (Å²) in [7, 11) is 1.62. The number of benzene rings is 2. The fourth-order valence-electron chi connectivity index (χ4n) is 2.55. The van der Waals surface area contributed by atoms with E-state index in [2.05, 4.69) is 24.8 Å². The van der Waals surface area contributed by atoms with Crippen molar-refractivity contribution < 1.29 is 9.84 Å². The summed E-state index contributed by atoms with van der Waals surface area (Å²) in [6.07, 6.45) is -0.583. The van der Waals surface area contributed by atoms with Crippen LogP contribution in [0.15, 0.2) is 48.5 Å². The first kappa shape index (κ1) is 18.0. The average molecular weight is 324 g/mol. The fraction of sp³-hybridized carbons (Fsp3) is 0.350. The van der Waals surface area contributed by atoms with E-state index in [1.54, 1.807) is 7.11 Å². The van der Waals surface area contributed by atoms with Gasteiger partial charge in [-0.15, -0.1) is 0 Å². The van der Waals surface area contributed by atoms with Gasteiger partial charge in [-0.25, -0.2) is 0 Å². The third-order valence-corrected chi connectivity index (χ3v) is 4.09. The summed E-state index contributed by atoms with van der Waals surface area (Å²) in [4.78, 5) is 2.21. The smallest absolute Gasteiger partial charge is 0.119 e. The van der Waals surface area contributed by atoms with Gasteiger partial charge in [-0.2, -0.15) is 5.26 Å². The summed E-state index contributed by atoms with van der Waals surface area (Å²) < 4.78 is 5.22. The van der Waals surface area contributed by atoms with Crippen LogP contribution < -0.4 is 4.74 Å². The Morgan fingerprint density at radius 3 is 2.46 bits per heavy atom. The average Bonchev–Trinajstić information content (AvgIpc) is 2.61. The topological polar surface area (TPSA) is 56.5 Å². The minimum Gasteiger partial charge on any atom is -0.497 e. The molecule has 4 heteroatoms. The van der Waals surface area contributed by atoms with Crippen LogP contribution in [0.4, 0.5) is 0 Å². The van der Waals surface area contributed by atoms with Crippen LogP contribution in [0, 0.1) is 11.3 Å². The number of nitriles is 1. The summed E-state index contributed by atoms with van der Waals surface area (Å²) in [6, 6.07) is 17.5. The second-order valence-electron chi connectivity index (χ2n) is 6.12. The van der Waals surface area contributed by atoms with Crippen molar-refractivity contribution in [1.82, 2.24) is 4.90 Å². The van der Waals surface area contributed by atoms with E-state index in [0.717, 1.165) is 23.4 Å². The minimum atomic E-state index is -0.583. The zero-order valence-electron chi connectivity index (χ0n) is 14.4. The Morgan fingerprint density at radius 2 is 1.88 bits per heavy atom. The van der Waals surface area contributed by atoms with Gasteiger partial charge in [0.15, 0.2) is 0 Å². The van der Waals surface area contributed by atoms with E-state index >= 15 is 0 Å². The lowest BCUT2D eigenvalue weighted by molar-refractivity contribution is 0.0906. The van der Waals surface area contributed by atoms with Crippen molar-refractivity contribution in [2.45, 2.75) is 32.5 Å². The number of aliphatic hydroxyl groups excluding tert-OH is 1. The van der Waals surface area contributed by atoms with Crippen molar-refractivity contribution in [2.24, 2.45) is 0 Å². The third-order valence-electron chi connectivity index (χ3n) is 4.09. The second-order valence-corrected chi connectivity index (χ2v) is 6.12. The van der Waals surface area contributed by atoms with E-state index < -0.39 is 6.10 Å². The highest BCUT2D eigenvalue weighted by Gasteiger charge is 2.17. The first-order valence-corrected chi connectivity index (χ1v) is 8.08. The molecule has 0 saturated carbocycles. The highest BCUT2D eigenvalue weighted by atomic mass is 16.5. The molecule has 2 aromatic rings. The summed E-state index contributed by atoms with van der Waals surface area (Å²) >= 11 is 0. The quantitative estimate of drug-likeness (QED) is 0.847. The number of hydrogen-bond donors (Lipinski definition) is 1. The lowest BCUT2D eigenvalue weighted by Gasteiger charge is -2.29. The number of nitrogens with zero attached hydrogens (tertiary/aromatic N) is 2. The molecule has 126 valence electrons. The zero-order valence-corrected chi connectivity index (χ0v) is 14.4. The predicted octanol–water partition coefficient (Wildman–Crippen LogP) is 3.51. The molecule has 0 bridgehead atoms. The van der Waals surface area contributed by atoms with Crippen molar-refractivity contribution in [3.05, 3.63) is 65.2 Å². The van der Waals surface area contributed by atoms with Crippen LogP contribution >= 0.6 is 0 Å². The molecule has 0 spiro atoms. The first-order valence-electron chi connectivity index (χ1n) is 8.08. The molecule has 1 N–H and O–H groups in total. The van der Waals surface area contributed by atoms with Crippen molar-refractivity contribution in [1.29, 1.82) is 5.26 Å². The summed E-state index contributed by atoms with van der Waals surface area (Å²) in [5, 5.41) is 19.5. The molecule has 0 amide bonds. The second kappa shape index (κ2) is 8.49. The van der Waals surface area contributed by atoms with Crippen molar-refractivity contribution in [3.63, 3.8) is 0 Å². The lowest BCUT2D eigenvalue weighted by atomic mass is 10.1.